The van der Waals surface area contributed by atoms with Crippen molar-refractivity contribution in [3.05, 3.63) is 63.1 Å². The molecule has 0 fully saturated rings. The van der Waals surface area contributed by atoms with Gasteiger partial charge in [0, 0.05) is 16.6 Å². The van der Waals surface area contributed by atoms with Crippen LogP contribution in [0.1, 0.15) is 38.8 Å². The normalized spacial score (nSPS) is 13.1. The number of carbonyl (C=O) groups excluding carboxylic acids is 2. The SMILES string of the molecule is CC(C(=O)NC(C)(C)C)N(Cc1ccc(Br)cc1)C(=O)CN(c1cc(C(F)(F)F)ccc1Cl)S(C)(=O)=O. The molecule has 0 aliphatic heterocycles. The van der Waals surface area contributed by atoms with E-state index in [0.29, 0.717) is 22.0 Å². The number of rotatable bonds is 8. The van der Waals surface area contributed by atoms with Gasteiger partial charge < -0.3 is 10.2 Å². The van der Waals surface area contributed by atoms with Crippen LogP contribution in [0.4, 0.5) is 18.9 Å². The number of carbonyl (C=O) groups is 2. The summed E-state index contributed by atoms with van der Waals surface area (Å²) in [7, 11) is -4.26. The van der Waals surface area contributed by atoms with Gasteiger partial charge in [0.2, 0.25) is 21.8 Å². The van der Waals surface area contributed by atoms with Crippen molar-refractivity contribution in [1.29, 1.82) is 0 Å². The second kappa shape index (κ2) is 11.6. The zero-order chi connectivity index (χ0) is 28.3. The molecule has 0 saturated carbocycles. The highest BCUT2D eigenvalue weighted by Crippen LogP contribution is 2.36. The minimum Gasteiger partial charge on any atom is -0.350 e. The smallest absolute Gasteiger partial charge is 0.350 e. The lowest BCUT2D eigenvalue weighted by Crippen LogP contribution is -2.54. The summed E-state index contributed by atoms with van der Waals surface area (Å²) in [4.78, 5) is 27.6. The number of amides is 2. The van der Waals surface area contributed by atoms with Gasteiger partial charge in [-0.3, -0.25) is 13.9 Å². The topological polar surface area (TPSA) is 86.8 Å². The lowest BCUT2D eigenvalue weighted by molar-refractivity contribution is -0.140. The van der Waals surface area contributed by atoms with E-state index in [0.717, 1.165) is 16.8 Å². The third kappa shape index (κ3) is 8.89. The van der Waals surface area contributed by atoms with E-state index >= 15 is 0 Å². The first-order valence-electron chi connectivity index (χ1n) is 11.0. The zero-order valence-electron chi connectivity index (χ0n) is 20.9. The predicted molar refractivity (Wildman–Crippen MR) is 141 cm³/mol. The van der Waals surface area contributed by atoms with E-state index in [-0.39, 0.29) is 11.6 Å². The number of nitrogens with zero attached hydrogens (tertiary/aromatic N) is 2. The summed E-state index contributed by atoms with van der Waals surface area (Å²) < 4.78 is 66.5. The van der Waals surface area contributed by atoms with Gasteiger partial charge in [0.25, 0.3) is 0 Å². The molecule has 204 valence electrons. The standard InChI is InChI=1S/C24H28BrClF3N3O4S/c1-15(22(34)30-23(2,3)4)31(13-16-6-9-18(25)10-7-16)21(33)14-32(37(5,35)36)20-12-17(24(27,28)29)8-11-19(20)26/h6-12,15H,13-14H2,1-5H3,(H,30,34). The molecular weight excluding hydrogens is 599 g/mol. The number of alkyl halides is 3. The Bertz CT molecular complexity index is 1250. The predicted octanol–water partition coefficient (Wildman–Crippen LogP) is 5.22. The number of hydrogen-bond acceptors (Lipinski definition) is 4. The van der Waals surface area contributed by atoms with Crippen LogP contribution in [0.15, 0.2) is 46.9 Å². The molecule has 2 rings (SSSR count). The number of benzene rings is 2. The molecule has 0 saturated heterocycles. The summed E-state index contributed by atoms with van der Waals surface area (Å²) in [5.41, 5.74) is -1.59. The minimum absolute atomic E-state index is 0.0568. The fraction of sp³-hybridized carbons (Fsp3) is 0.417. The first-order valence-corrected chi connectivity index (χ1v) is 14.0. The Morgan fingerprint density at radius 3 is 2.14 bits per heavy atom. The Hall–Kier alpha value is -2.31. The summed E-state index contributed by atoms with van der Waals surface area (Å²) in [5.74, 6) is -1.29. The molecule has 7 nitrogen and oxygen atoms in total. The molecule has 0 aliphatic carbocycles. The first-order chi connectivity index (χ1) is 16.8. The highest BCUT2D eigenvalue weighted by atomic mass is 79.9. The average Bonchev–Trinajstić information content (AvgIpc) is 2.74. The Morgan fingerprint density at radius 1 is 1.08 bits per heavy atom. The van der Waals surface area contributed by atoms with Crippen LogP contribution in [0.2, 0.25) is 5.02 Å². The van der Waals surface area contributed by atoms with Crippen LogP contribution >= 0.6 is 27.5 Å². The van der Waals surface area contributed by atoms with Crippen LogP contribution in [0.25, 0.3) is 0 Å². The maximum Gasteiger partial charge on any atom is 0.416 e. The van der Waals surface area contributed by atoms with Crippen LogP contribution in [0.3, 0.4) is 0 Å². The summed E-state index contributed by atoms with van der Waals surface area (Å²) in [6.45, 7) is 5.85. The summed E-state index contributed by atoms with van der Waals surface area (Å²) >= 11 is 9.40. The fourth-order valence-corrected chi connectivity index (χ4v) is 4.71. The van der Waals surface area contributed by atoms with E-state index in [1.807, 2.05) is 0 Å². The molecule has 1 N–H and O–H groups in total. The summed E-state index contributed by atoms with van der Waals surface area (Å²) in [6.07, 6.45) is -4.01. The zero-order valence-corrected chi connectivity index (χ0v) is 24.0. The molecule has 0 bridgehead atoms. The van der Waals surface area contributed by atoms with Gasteiger partial charge in [-0.05, 0) is 63.6 Å². The summed E-state index contributed by atoms with van der Waals surface area (Å²) in [5, 5.41) is 2.49. The molecule has 2 aromatic rings. The van der Waals surface area contributed by atoms with Crippen molar-refractivity contribution >= 4 is 55.1 Å². The van der Waals surface area contributed by atoms with E-state index in [1.165, 1.54) is 11.8 Å². The van der Waals surface area contributed by atoms with E-state index < -0.39 is 57.4 Å². The molecule has 2 amide bonds. The van der Waals surface area contributed by atoms with E-state index in [9.17, 15) is 31.2 Å². The van der Waals surface area contributed by atoms with E-state index in [2.05, 4.69) is 21.2 Å². The fourth-order valence-electron chi connectivity index (χ4n) is 3.32. The van der Waals surface area contributed by atoms with Gasteiger partial charge in [0.15, 0.2) is 0 Å². The van der Waals surface area contributed by atoms with Crippen LogP contribution in [-0.4, -0.2) is 49.5 Å². The monoisotopic (exact) mass is 625 g/mol. The second-order valence-corrected chi connectivity index (χ2v) is 12.7. The molecule has 0 radical (unpaired) electrons. The highest BCUT2D eigenvalue weighted by Gasteiger charge is 2.35. The maximum atomic E-state index is 13.5. The number of halogens is 5. The molecule has 13 heteroatoms. The third-order valence-electron chi connectivity index (χ3n) is 5.15. The molecule has 2 aromatic carbocycles. The van der Waals surface area contributed by atoms with Gasteiger partial charge in [0.1, 0.15) is 12.6 Å². The molecule has 0 aromatic heterocycles. The first kappa shape index (κ1) is 30.9. The number of nitrogens with one attached hydrogen (secondary N) is 1. The second-order valence-electron chi connectivity index (χ2n) is 9.50. The van der Waals surface area contributed by atoms with Crippen molar-refractivity contribution in [1.82, 2.24) is 10.2 Å². The molecule has 0 heterocycles. The van der Waals surface area contributed by atoms with Gasteiger partial charge >= 0.3 is 6.18 Å². The maximum absolute atomic E-state index is 13.5. The lowest BCUT2D eigenvalue weighted by atomic mass is 10.1. The van der Waals surface area contributed by atoms with Crippen LogP contribution in [-0.2, 0) is 32.3 Å². The number of sulfonamides is 1. The quantitative estimate of drug-likeness (QED) is 0.436. The highest BCUT2D eigenvalue weighted by molar-refractivity contribution is 9.10. The molecular formula is C24H28BrClF3N3O4S. The van der Waals surface area contributed by atoms with Crippen molar-refractivity contribution in [3.63, 3.8) is 0 Å². The lowest BCUT2D eigenvalue weighted by Gasteiger charge is -2.33. The molecule has 0 aliphatic rings. The van der Waals surface area contributed by atoms with Crippen LogP contribution < -0.4 is 9.62 Å². The summed E-state index contributed by atoms with van der Waals surface area (Å²) in [6, 6.07) is 8.09. The molecule has 0 spiro atoms. The largest absolute Gasteiger partial charge is 0.416 e. The van der Waals surface area contributed by atoms with Crippen molar-refractivity contribution in [3.8, 4) is 0 Å². The molecule has 37 heavy (non-hydrogen) atoms. The Kier molecular flexibility index (Phi) is 9.70. The van der Waals surface area contributed by atoms with Gasteiger partial charge in [0.05, 0.1) is 22.5 Å². The molecule has 1 atom stereocenters. The van der Waals surface area contributed by atoms with Crippen molar-refractivity contribution in [2.24, 2.45) is 0 Å². The Balaban J connectivity index is 2.51. The van der Waals surface area contributed by atoms with Crippen LogP contribution in [0, 0.1) is 0 Å². The van der Waals surface area contributed by atoms with E-state index in [1.54, 1.807) is 45.0 Å². The third-order valence-corrected chi connectivity index (χ3v) is 7.13. The van der Waals surface area contributed by atoms with Crippen molar-refractivity contribution in [2.45, 2.75) is 52.0 Å². The Morgan fingerprint density at radius 2 is 1.65 bits per heavy atom. The number of hydrogen-bond donors (Lipinski definition) is 1. The number of anilines is 1. The average molecular weight is 627 g/mol. The van der Waals surface area contributed by atoms with Gasteiger partial charge in [-0.15, -0.1) is 0 Å². The van der Waals surface area contributed by atoms with Crippen LogP contribution in [0.5, 0.6) is 0 Å². The van der Waals surface area contributed by atoms with E-state index in [4.69, 9.17) is 11.6 Å². The van der Waals surface area contributed by atoms with Gasteiger partial charge in [-0.25, -0.2) is 8.42 Å². The van der Waals surface area contributed by atoms with Gasteiger partial charge in [-0.2, -0.15) is 13.2 Å². The van der Waals surface area contributed by atoms with Gasteiger partial charge in [-0.1, -0.05) is 39.7 Å². The minimum atomic E-state index is -4.76. The molecule has 1 unspecified atom stereocenters. The Labute approximate surface area is 228 Å². The van der Waals surface area contributed by atoms with Crippen molar-refractivity contribution in [2.75, 3.05) is 17.1 Å². The van der Waals surface area contributed by atoms with Crippen molar-refractivity contribution < 1.29 is 31.2 Å².